The molecule has 1 atom stereocenters. The second kappa shape index (κ2) is 5.83. The second-order valence-corrected chi connectivity index (χ2v) is 6.27. The molecular formula is C17H19N5O2. The van der Waals surface area contributed by atoms with Crippen LogP contribution in [-0.4, -0.2) is 31.0 Å². The molecule has 7 heteroatoms. The Bertz CT molecular complexity index is 946. The number of hydrogen-bond acceptors (Lipinski definition) is 6. The number of rotatable bonds is 3. The molecule has 0 radical (unpaired) electrons. The standard InChI is InChI=1S/C17H19N5O2/c1-11-5-3-8-22-15(23)9-13(19-17(11)22)10-21-7-4-6-14(21)16-18-12(2)24-20-16/h3,5,8-9,14H,4,6-7,10H2,1-2H3/t14-/m0/s1. The van der Waals surface area contributed by atoms with Gasteiger partial charge < -0.3 is 4.52 Å². The lowest BCUT2D eigenvalue weighted by Gasteiger charge is -2.21. The molecule has 0 aromatic carbocycles. The average molecular weight is 325 g/mol. The van der Waals surface area contributed by atoms with Gasteiger partial charge >= 0.3 is 0 Å². The van der Waals surface area contributed by atoms with Crippen molar-refractivity contribution >= 4 is 5.65 Å². The Kier molecular flexibility index (Phi) is 3.65. The van der Waals surface area contributed by atoms with Gasteiger partial charge in [0.2, 0.25) is 5.89 Å². The minimum absolute atomic E-state index is 0.0511. The van der Waals surface area contributed by atoms with E-state index in [0.29, 0.717) is 18.1 Å². The number of aromatic nitrogens is 4. The molecule has 0 spiro atoms. The molecule has 3 aromatic heterocycles. The van der Waals surface area contributed by atoms with Gasteiger partial charge in [0.05, 0.1) is 11.7 Å². The second-order valence-electron chi connectivity index (χ2n) is 6.27. The molecule has 7 nitrogen and oxygen atoms in total. The fraction of sp³-hybridized carbons (Fsp3) is 0.412. The maximum absolute atomic E-state index is 12.3. The molecule has 24 heavy (non-hydrogen) atoms. The first-order valence-corrected chi connectivity index (χ1v) is 8.14. The van der Waals surface area contributed by atoms with Crippen molar-refractivity contribution in [3.8, 4) is 0 Å². The zero-order chi connectivity index (χ0) is 16.7. The number of hydrogen-bond donors (Lipinski definition) is 0. The molecule has 3 aromatic rings. The lowest BCUT2D eigenvalue weighted by molar-refractivity contribution is 0.231. The summed E-state index contributed by atoms with van der Waals surface area (Å²) in [4.78, 5) is 23.7. The van der Waals surface area contributed by atoms with Crippen LogP contribution in [0.5, 0.6) is 0 Å². The van der Waals surface area contributed by atoms with Gasteiger partial charge in [-0.05, 0) is 37.9 Å². The van der Waals surface area contributed by atoms with Gasteiger partial charge in [0.15, 0.2) is 5.82 Å². The van der Waals surface area contributed by atoms with Crippen molar-refractivity contribution in [1.29, 1.82) is 0 Å². The van der Waals surface area contributed by atoms with E-state index in [1.807, 2.05) is 19.1 Å². The molecule has 0 bridgehead atoms. The number of fused-ring (bicyclic) bond motifs is 1. The lowest BCUT2D eigenvalue weighted by Crippen LogP contribution is -2.26. The monoisotopic (exact) mass is 325 g/mol. The first kappa shape index (κ1) is 15.0. The third-order valence-corrected chi connectivity index (χ3v) is 4.51. The highest BCUT2D eigenvalue weighted by Crippen LogP contribution is 2.31. The Morgan fingerprint density at radius 1 is 1.33 bits per heavy atom. The van der Waals surface area contributed by atoms with E-state index in [1.165, 1.54) is 0 Å². The average Bonchev–Trinajstić information content (AvgIpc) is 3.17. The van der Waals surface area contributed by atoms with Crippen LogP contribution >= 0.6 is 0 Å². The summed E-state index contributed by atoms with van der Waals surface area (Å²) in [5, 5.41) is 4.06. The third kappa shape index (κ3) is 2.60. The summed E-state index contributed by atoms with van der Waals surface area (Å²) in [5.41, 5.74) is 2.43. The maximum atomic E-state index is 12.3. The summed E-state index contributed by atoms with van der Waals surface area (Å²) in [6.07, 6.45) is 3.82. The van der Waals surface area contributed by atoms with Gasteiger partial charge in [0.1, 0.15) is 5.65 Å². The Morgan fingerprint density at radius 2 is 2.21 bits per heavy atom. The van der Waals surface area contributed by atoms with Crippen LogP contribution < -0.4 is 5.56 Å². The predicted molar refractivity (Wildman–Crippen MR) is 87.6 cm³/mol. The molecule has 1 aliphatic rings. The van der Waals surface area contributed by atoms with Crippen LogP contribution in [0, 0.1) is 13.8 Å². The largest absolute Gasteiger partial charge is 0.340 e. The lowest BCUT2D eigenvalue weighted by atomic mass is 10.2. The molecule has 1 fully saturated rings. The molecule has 0 N–H and O–H groups in total. The van der Waals surface area contributed by atoms with Crippen LogP contribution in [0.2, 0.25) is 0 Å². The van der Waals surface area contributed by atoms with Gasteiger partial charge in [0.25, 0.3) is 5.56 Å². The molecule has 4 rings (SSSR count). The van der Waals surface area contributed by atoms with Gasteiger partial charge in [-0.3, -0.25) is 14.1 Å². The first-order chi connectivity index (χ1) is 11.6. The minimum Gasteiger partial charge on any atom is -0.340 e. The number of likely N-dealkylation sites (tertiary alicyclic amines) is 1. The van der Waals surface area contributed by atoms with E-state index in [1.54, 1.807) is 23.6 Å². The molecule has 0 amide bonds. The number of nitrogens with zero attached hydrogens (tertiary/aromatic N) is 5. The Morgan fingerprint density at radius 3 is 3.00 bits per heavy atom. The van der Waals surface area contributed by atoms with Crippen molar-refractivity contribution in [3.05, 3.63) is 57.7 Å². The highest BCUT2D eigenvalue weighted by atomic mass is 16.5. The smallest absolute Gasteiger partial charge is 0.258 e. The zero-order valence-electron chi connectivity index (χ0n) is 13.8. The molecule has 1 saturated heterocycles. The molecule has 0 aliphatic carbocycles. The van der Waals surface area contributed by atoms with Crippen molar-refractivity contribution in [2.75, 3.05) is 6.54 Å². The van der Waals surface area contributed by atoms with Gasteiger partial charge in [-0.1, -0.05) is 11.2 Å². The van der Waals surface area contributed by atoms with Crippen LogP contribution in [-0.2, 0) is 6.54 Å². The Labute approximate surface area is 138 Å². The zero-order valence-corrected chi connectivity index (χ0v) is 13.8. The number of aryl methyl sites for hydroxylation is 2. The summed E-state index contributed by atoms with van der Waals surface area (Å²) in [6.45, 7) is 5.31. The molecule has 0 saturated carbocycles. The minimum atomic E-state index is -0.0511. The highest BCUT2D eigenvalue weighted by Gasteiger charge is 2.30. The fourth-order valence-corrected chi connectivity index (χ4v) is 3.36. The topological polar surface area (TPSA) is 76.5 Å². The molecule has 0 unspecified atom stereocenters. The van der Waals surface area contributed by atoms with E-state index >= 15 is 0 Å². The highest BCUT2D eigenvalue weighted by molar-refractivity contribution is 5.46. The van der Waals surface area contributed by atoms with Crippen LogP contribution in [0.15, 0.2) is 33.7 Å². The molecular weight excluding hydrogens is 306 g/mol. The summed E-state index contributed by atoms with van der Waals surface area (Å²) >= 11 is 0. The van der Waals surface area contributed by atoms with E-state index in [-0.39, 0.29) is 11.6 Å². The van der Waals surface area contributed by atoms with E-state index in [9.17, 15) is 4.79 Å². The van der Waals surface area contributed by atoms with Crippen molar-refractivity contribution in [2.45, 2.75) is 39.3 Å². The SMILES string of the molecule is Cc1nc([C@@H]2CCCN2Cc2cc(=O)n3cccc(C)c3n2)no1. The molecule has 124 valence electrons. The van der Waals surface area contributed by atoms with Crippen molar-refractivity contribution in [2.24, 2.45) is 0 Å². The van der Waals surface area contributed by atoms with E-state index < -0.39 is 0 Å². The maximum Gasteiger partial charge on any atom is 0.258 e. The van der Waals surface area contributed by atoms with Crippen LogP contribution in [0.3, 0.4) is 0 Å². The van der Waals surface area contributed by atoms with Crippen LogP contribution in [0.25, 0.3) is 5.65 Å². The molecule has 1 aliphatic heterocycles. The van der Waals surface area contributed by atoms with Gasteiger partial charge in [-0.2, -0.15) is 4.98 Å². The van der Waals surface area contributed by atoms with Crippen molar-refractivity contribution < 1.29 is 4.52 Å². The van der Waals surface area contributed by atoms with E-state index in [4.69, 9.17) is 4.52 Å². The third-order valence-electron chi connectivity index (χ3n) is 4.51. The first-order valence-electron chi connectivity index (χ1n) is 8.14. The number of pyridine rings is 1. The fourth-order valence-electron chi connectivity index (χ4n) is 3.36. The summed E-state index contributed by atoms with van der Waals surface area (Å²) in [6, 6.07) is 5.56. The van der Waals surface area contributed by atoms with Gasteiger partial charge in [-0.25, -0.2) is 4.98 Å². The normalized spacial score (nSPS) is 18.5. The quantitative estimate of drug-likeness (QED) is 0.733. The van der Waals surface area contributed by atoms with Crippen molar-refractivity contribution in [3.63, 3.8) is 0 Å². The van der Waals surface area contributed by atoms with Crippen molar-refractivity contribution in [1.82, 2.24) is 24.4 Å². The van der Waals surface area contributed by atoms with Crippen LogP contribution in [0.4, 0.5) is 0 Å². The van der Waals surface area contributed by atoms with E-state index in [2.05, 4.69) is 20.0 Å². The van der Waals surface area contributed by atoms with Gasteiger partial charge in [0, 0.05) is 25.7 Å². The summed E-state index contributed by atoms with van der Waals surface area (Å²) < 4.78 is 6.70. The summed E-state index contributed by atoms with van der Waals surface area (Å²) in [7, 11) is 0. The Balaban J connectivity index is 1.66. The summed E-state index contributed by atoms with van der Waals surface area (Å²) in [5.74, 6) is 1.30. The van der Waals surface area contributed by atoms with Crippen LogP contribution in [0.1, 0.15) is 41.9 Å². The Hall–Kier alpha value is -2.54. The van der Waals surface area contributed by atoms with E-state index in [0.717, 1.165) is 36.5 Å². The van der Waals surface area contributed by atoms with Gasteiger partial charge in [-0.15, -0.1) is 0 Å². The predicted octanol–water partition coefficient (Wildman–Crippen LogP) is 2.03. The molecule has 4 heterocycles.